The van der Waals surface area contributed by atoms with Gasteiger partial charge in [0.25, 0.3) is 0 Å². The van der Waals surface area contributed by atoms with Gasteiger partial charge in [0.15, 0.2) is 11.6 Å². The van der Waals surface area contributed by atoms with Crippen LogP contribution < -0.4 is 0 Å². The molecule has 0 radical (unpaired) electrons. The van der Waals surface area contributed by atoms with Gasteiger partial charge in [-0.1, -0.05) is 30.3 Å². The zero-order chi connectivity index (χ0) is 12.1. The maximum Gasteiger partial charge on any atom is 0.197 e. The number of ether oxygens (including phenoxy) is 3. The van der Waals surface area contributed by atoms with E-state index < -0.39 is 23.8 Å². The van der Waals surface area contributed by atoms with Gasteiger partial charge in [0.1, 0.15) is 18.8 Å². The molecule has 1 N–H and O–H groups in total. The minimum Gasteiger partial charge on any atom is -0.384 e. The molecule has 2 aliphatic rings. The first kappa shape index (κ1) is 11.2. The number of rotatable bonds is 1. The number of hydrogen-bond donors (Lipinski definition) is 1. The largest absolute Gasteiger partial charge is 0.384 e. The normalized spacial score (nSPS) is 44.9. The van der Waals surface area contributed by atoms with Gasteiger partial charge in [-0.2, -0.15) is 0 Å². The Morgan fingerprint density at radius 1 is 1.24 bits per heavy atom. The molecule has 0 amide bonds. The topological polar surface area (TPSA) is 47.9 Å². The lowest BCUT2D eigenvalue weighted by Gasteiger charge is -2.42. The monoisotopic (exact) mass is 236 g/mol. The number of hydrogen-bond acceptors (Lipinski definition) is 4. The van der Waals surface area contributed by atoms with Crippen LogP contribution >= 0.6 is 0 Å². The third-order valence-corrected chi connectivity index (χ3v) is 3.37. The summed E-state index contributed by atoms with van der Waals surface area (Å²) in [6.45, 7) is 3.92. The molecule has 17 heavy (non-hydrogen) atoms. The molecule has 2 fully saturated rings. The molecule has 3 rings (SSSR count). The van der Waals surface area contributed by atoms with E-state index in [4.69, 9.17) is 14.2 Å². The third kappa shape index (κ3) is 1.68. The third-order valence-electron chi connectivity index (χ3n) is 3.37. The number of benzene rings is 1. The summed E-state index contributed by atoms with van der Waals surface area (Å²) in [4.78, 5) is 0. The van der Waals surface area contributed by atoms with E-state index in [2.05, 4.69) is 0 Å². The zero-order valence-corrected chi connectivity index (χ0v) is 9.92. The molecule has 0 unspecified atom stereocenters. The molecule has 1 aromatic rings. The maximum absolute atomic E-state index is 10.3. The van der Waals surface area contributed by atoms with Gasteiger partial charge in [-0.15, -0.1) is 0 Å². The van der Waals surface area contributed by atoms with Crippen molar-refractivity contribution in [2.24, 2.45) is 0 Å². The van der Waals surface area contributed by atoms with Gasteiger partial charge >= 0.3 is 0 Å². The van der Waals surface area contributed by atoms with Crippen molar-refractivity contribution in [3.8, 4) is 0 Å². The molecule has 0 aliphatic carbocycles. The zero-order valence-electron chi connectivity index (χ0n) is 9.92. The second-order valence-electron chi connectivity index (χ2n) is 4.93. The van der Waals surface area contributed by atoms with E-state index in [1.165, 1.54) is 0 Å². The van der Waals surface area contributed by atoms with Crippen molar-refractivity contribution in [2.45, 2.75) is 37.6 Å². The molecule has 2 aliphatic heterocycles. The molecule has 4 nitrogen and oxygen atoms in total. The molecule has 92 valence electrons. The molecular weight excluding hydrogens is 220 g/mol. The Kier molecular flexibility index (Phi) is 2.32. The summed E-state index contributed by atoms with van der Waals surface area (Å²) in [5.41, 5.74) is 0.936. The Morgan fingerprint density at radius 2 is 1.94 bits per heavy atom. The number of fused-ring (bicyclic) bond motifs is 2. The molecule has 2 saturated heterocycles. The Labute approximate surface area is 100 Å². The Bertz CT molecular complexity index is 421. The summed E-state index contributed by atoms with van der Waals surface area (Å²) >= 11 is 0. The smallest absolute Gasteiger partial charge is 0.197 e. The van der Waals surface area contributed by atoms with Gasteiger partial charge in [0.2, 0.25) is 0 Å². The summed E-state index contributed by atoms with van der Waals surface area (Å²) < 4.78 is 17.0. The standard InChI is InChI=1S/C13H16O4/c1-12-8-15-13(2,17-12)11(14)10(16-12)9-6-4-3-5-7-9/h3-7,10-11,14H,8H2,1-2H3/t10-,11+,12-,13+/m1/s1. The van der Waals surface area contributed by atoms with Crippen LogP contribution in [0.4, 0.5) is 0 Å². The van der Waals surface area contributed by atoms with Crippen molar-refractivity contribution in [1.82, 2.24) is 0 Å². The van der Waals surface area contributed by atoms with Crippen molar-refractivity contribution >= 4 is 0 Å². The molecule has 0 aromatic heterocycles. The highest BCUT2D eigenvalue weighted by molar-refractivity contribution is 5.20. The van der Waals surface area contributed by atoms with Crippen LogP contribution in [-0.2, 0) is 14.2 Å². The van der Waals surface area contributed by atoms with Crippen molar-refractivity contribution in [3.05, 3.63) is 35.9 Å². The van der Waals surface area contributed by atoms with E-state index in [0.29, 0.717) is 6.61 Å². The Hall–Kier alpha value is -0.940. The maximum atomic E-state index is 10.3. The SMILES string of the molecule is C[C@]12CO[C@@](C)(O1)[C@@H](O)[C@@H](c1ccccc1)O2. The summed E-state index contributed by atoms with van der Waals surface area (Å²) in [6.07, 6.45) is -1.25. The first-order chi connectivity index (χ1) is 8.03. The molecular formula is C13H16O4. The Morgan fingerprint density at radius 3 is 2.65 bits per heavy atom. The van der Waals surface area contributed by atoms with E-state index in [-0.39, 0.29) is 0 Å². The van der Waals surface area contributed by atoms with E-state index >= 15 is 0 Å². The first-order valence-electron chi connectivity index (χ1n) is 5.77. The molecule has 4 heteroatoms. The summed E-state index contributed by atoms with van der Waals surface area (Å²) in [5, 5.41) is 10.3. The van der Waals surface area contributed by atoms with Gasteiger partial charge in [0.05, 0.1) is 0 Å². The number of aliphatic hydroxyl groups excluding tert-OH is 1. The summed E-state index contributed by atoms with van der Waals surface area (Å²) in [7, 11) is 0. The number of aliphatic hydroxyl groups is 1. The van der Waals surface area contributed by atoms with Gasteiger partial charge in [-0.25, -0.2) is 0 Å². The van der Waals surface area contributed by atoms with Crippen molar-refractivity contribution in [1.29, 1.82) is 0 Å². The van der Waals surface area contributed by atoms with E-state index in [1.54, 1.807) is 6.92 Å². The molecule has 0 spiro atoms. The quantitative estimate of drug-likeness (QED) is 0.804. The van der Waals surface area contributed by atoms with Gasteiger partial charge in [-0.3, -0.25) is 0 Å². The lowest BCUT2D eigenvalue weighted by Crippen LogP contribution is -2.53. The van der Waals surface area contributed by atoms with Crippen LogP contribution in [0.15, 0.2) is 30.3 Å². The van der Waals surface area contributed by atoms with Crippen molar-refractivity contribution < 1.29 is 19.3 Å². The minimum absolute atomic E-state index is 0.337. The predicted octanol–water partition coefficient (Wildman–Crippen LogP) is 1.60. The van der Waals surface area contributed by atoms with Crippen LogP contribution in [0, 0.1) is 0 Å². The second-order valence-corrected chi connectivity index (χ2v) is 4.93. The average molecular weight is 236 g/mol. The van der Waals surface area contributed by atoms with Crippen molar-refractivity contribution in [3.63, 3.8) is 0 Å². The molecule has 2 heterocycles. The minimum atomic E-state index is -0.979. The molecule has 4 atom stereocenters. The van der Waals surface area contributed by atoms with E-state index in [1.807, 2.05) is 37.3 Å². The highest BCUT2D eigenvalue weighted by atomic mass is 16.9. The van der Waals surface area contributed by atoms with Gasteiger partial charge < -0.3 is 19.3 Å². The fourth-order valence-electron chi connectivity index (χ4n) is 2.47. The highest BCUT2D eigenvalue weighted by Gasteiger charge is 2.58. The van der Waals surface area contributed by atoms with Crippen LogP contribution in [0.5, 0.6) is 0 Å². The lowest BCUT2D eigenvalue weighted by molar-refractivity contribution is -0.359. The van der Waals surface area contributed by atoms with E-state index in [0.717, 1.165) is 5.56 Å². The highest BCUT2D eigenvalue weighted by Crippen LogP contribution is 2.46. The summed E-state index contributed by atoms with van der Waals surface area (Å²) in [6, 6.07) is 9.66. The van der Waals surface area contributed by atoms with Crippen LogP contribution in [0.2, 0.25) is 0 Å². The first-order valence-corrected chi connectivity index (χ1v) is 5.77. The Balaban J connectivity index is 1.97. The predicted molar refractivity (Wildman–Crippen MR) is 60.1 cm³/mol. The van der Waals surface area contributed by atoms with Gasteiger partial charge in [0, 0.05) is 0 Å². The van der Waals surface area contributed by atoms with Crippen LogP contribution in [0.3, 0.4) is 0 Å². The fraction of sp³-hybridized carbons (Fsp3) is 0.538. The van der Waals surface area contributed by atoms with Gasteiger partial charge in [-0.05, 0) is 19.4 Å². The van der Waals surface area contributed by atoms with Crippen LogP contribution in [-0.4, -0.2) is 29.4 Å². The fourth-order valence-corrected chi connectivity index (χ4v) is 2.47. The molecule has 2 bridgehead atoms. The molecule has 1 aromatic carbocycles. The van der Waals surface area contributed by atoms with E-state index in [9.17, 15) is 5.11 Å². The average Bonchev–Trinajstić information content (AvgIpc) is 2.60. The van der Waals surface area contributed by atoms with Crippen molar-refractivity contribution in [2.75, 3.05) is 6.61 Å². The second kappa shape index (κ2) is 3.53. The lowest BCUT2D eigenvalue weighted by atomic mass is 9.97. The summed E-state index contributed by atoms with van der Waals surface area (Å²) in [5.74, 6) is -1.75. The van der Waals surface area contributed by atoms with Crippen LogP contribution in [0.25, 0.3) is 0 Å². The molecule has 0 saturated carbocycles. The van der Waals surface area contributed by atoms with Crippen LogP contribution in [0.1, 0.15) is 25.5 Å².